The highest BCUT2D eigenvalue weighted by atomic mass is 16.5. The Morgan fingerprint density at radius 3 is 2.63 bits per heavy atom. The van der Waals surface area contributed by atoms with Crippen LogP contribution in [0.4, 0.5) is 0 Å². The summed E-state index contributed by atoms with van der Waals surface area (Å²) in [6.07, 6.45) is 7.72. The third-order valence-corrected chi connectivity index (χ3v) is 4.87. The topological polar surface area (TPSA) is 64.4 Å². The van der Waals surface area contributed by atoms with Crippen LogP contribution in [-0.4, -0.2) is 31.7 Å². The van der Waals surface area contributed by atoms with E-state index in [4.69, 9.17) is 10.5 Å². The zero-order chi connectivity index (χ0) is 13.7. The van der Waals surface area contributed by atoms with Crippen LogP contribution in [0.15, 0.2) is 0 Å². The maximum atomic E-state index is 12.5. The summed E-state index contributed by atoms with van der Waals surface area (Å²) in [4.78, 5) is 12.5. The second-order valence-electron chi connectivity index (χ2n) is 6.37. The molecule has 110 valence electrons. The van der Waals surface area contributed by atoms with Gasteiger partial charge in [0, 0.05) is 19.7 Å². The van der Waals surface area contributed by atoms with E-state index in [1.807, 2.05) is 0 Å². The van der Waals surface area contributed by atoms with Gasteiger partial charge in [0.25, 0.3) is 0 Å². The highest BCUT2D eigenvalue weighted by molar-refractivity contribution is 5.83. The van der Waals surface area contributed by atoms with Crippen molar-refractivity contribution in [2.45, 2.75) is 58.0 Å². The van der Waals surface area contributed by atoms with E-state index in [0.717, 1.165) is 51.0 Å². The molecular formula is C15H28N2O2. The van der Waals surface area contributed by atoms with Gasteiger partial charge in [0.1, 0.15) is 0 Å². The monoisotopic (exact) mass is 268 g/mol. The van der Waals surface area contributed by atoms with Crippen LogP contribution in [0.25, 0.3) is 0 Å². The fourth-order valence-corrected chi connectivity index (χ4v) is 3.20. The van der Waals surface area contributed by atoms with Crippen molar-refractivity contribution in [1.29, 1.82) is 0 Å². The lowest BCUT2D eigenvalue weighted by atomic mass is 9.70. The Hall–Kier alpha value is -0.610. The lowest BCUT2D eigenvalue weighted by Gasteiger charge is -2.37. The van der Waals surface area contributed by atoms with Crippen LogP contribution in [0.2, 0.25) is 0 Å². The van der Waals surface area contributed by atoms with Gasteiger partial charge in [-0.2, -0.15) is 0 Å². The zero-order valence-electron chi connectivity index (χ0n) is 12.1. The van der Waals surface area contributed by atoms with Gasteiger partial charge in [-0.05, 0) is 50.9 Å². The molecule has 2 aliphatic rings. The maximum Gasteiger partial charge on any atom is 0.227 e. The average Bonchev–Trinajstić information content (AvgIpc) is 2.47. The van der Waals surface area contributed by atoms with Crippen molar-refractivity contribution in [1.82, 2.24) is 5.32 Å². The van der Waals surface area contributed by atoms with Crippen molar-refractivity contribution in [2.75, 3.05) is 19.7 Å². The third-order valence-electron chi connectivity index (χ3n) is 4.87. The number of amides is 1. The summed E-state index contributed by atoms with van der Waals surface area (Å²) in [5, 5.41) is 3.08. The molecular weight excluding hydrogens is 240 g/mol. The van der Waals surface area contributed by atoms with Crippen molar-refractivity contribution >= 4 is 5.91 Å². The second-order valence-corrected chi connectivity index (χ2v) is 6.37. The standard InChI is InChI=1S/C15H28N2O2/c1-12-5-7-15(11-16,8-6-12)14(18)17-10-13-4-2-3-9-19-13/h12-13H,2-11,16H2,1H3,(H,17,18). The van der Waals surface area contributed by atoms with Crippen LogP contribution in [0.1, 0.15) is 51.9 Å². The summed E-state index contributed by atoms with van der Waals surface area (Å²) < 4.78 is 5.65. The number of rotatable bonds is 4. The highest BCUT2D eigenvalue weighted by Crippen LogP contribution is 2.38. The predicted molar refractivity (Wildman–Crippen MR) is 75.7 cm³/mol. The first-order chi connectivity index (χ1) is 9.16. The van der Waals surface area contributed by atoms with Crippen LogP contribution >= 0.6 is 0 Å². The molecule has 1 amide bonds. The minimum Gasteiger partial charge on any atom is -0.376 e. The smallest absolute Gasteiger partial charge is 0.227 e. The van der Waals surface area contributed by atoms with Gasteiger partial charge >= 0.3 is 0 Å². The molecule has 0 aromatic rings. The molecule has 19 heavy (non-hydrogen) atoms. The Morgan fingerprint density at radius 2 is 2.05 bits per heavy atom. The number of hydrogen-bond donors (Lipinski definition) is 2. The third kappa shape index (κ3) is 3.69. The lowest BCUT2D eigenvalue weighted by molar-refractivity contribution is -0.133. The van der Waals surface area contributed by atoms with Crippen molar-refractivity contribution in [3.05, 3.63) is 0 Å². The first kappa shape index (κ1) is 14.8. The molecule has 1 saturated heterocycles. The van der Waals surface area contributed by atoms with E-state index in [-0.39, 0.29) is 17.4 Å². The Kier molecular flexibility index (Phi) is 5.22. The minimum atomic E-state index is -0.318. The van der Waals surface area contributed by atoms with Gasteiger partial charge in [-0.15, -0.1) is 0 Å². The fraction of sp³-hybridized carbons (Fsp3) is 0.933. The SMILES string of the molecule is CC1CCC(CN)(C(=O)NCC2CCCCO2)CC1. The van der Waals surface area contributed by atoms with Crippen molar-refractivity contribution < 1.29 is 9.53 Å². The van der Waals surface area contributed by atoms with E-state index in [0.29, 0.717) is 13.1 Å². The molecule has 3 N–H and O–H groups in total. The summed E-state index contributed by atoms with van der Waals surface area (Å²) in [6, 6.07) is 0. The predicted octanol–water partition coefficient (Wildman–Crippen LogP) is 1.83. The molecule has 2 fully saturated rings. The van der Waals surface area contributed by atoms with Crippen LogP contribution in [0.3, 0.4) is 0 Å². The Morgan fingerprint density at radius 1 is 1.32 bits per heavy atom. The molecule has 1 aliphatic heterocycles. The second kappa shape index (κ2) is 6.71. The fourth-order valence-electron chi connectivity index (χ4n) is 3.20. The maximum absolute atomic E-state index is 12.5. The molecule has 0 aromatic heterocycles. The molecule has 4 nitrogen and oxygen atoms in total. The molecule has 0 spiro atoms. The molecule has 1 aliphatic carbocycles. The van der Waals surface area contributed by atoms with Crippen molar-refractivity contribution in [3.63, 3.8) is 0 Å². The lowest BCUT2D eigenvalue weighted by Crippen LogP contribution is -2.49. The number of nitrogens with one attached hydrogen (secondary N) is 1. The first-order valence-electron chi connectivity index (χ1n) is 7.76. The summed E-state index contributed by atoms with van der Waals surface area (Å²) in [5.74, 6) is 0.880. The number of ether oxygens (including phenoxy) is 1. The molecule has 1 unspecified atom stereocenters. The normalized spacial score (nSPS) is 35.9. The van der Waals surface area contributed by atoms with E-state index in [9.17, 15) is 4.79 Å². The van der Waals surface area contributed by atoms with E-state index in [2.05, 4.69) is 12.2 Å². The Labute approximate surface area is 116 Å². The molecule has 0 aromatic carbocycles. The zero-order valence-corrected chi connectivity index (χ0v) is 12.1. The molecule has 1 heterocycles. The van der Waals surface area contributed by atoms with E-state index in [1.54, 1.807) is 0 Å². The van der Waals surface area contributed by atoms with Crippen LogP contribution in [-0.2, 0) is 9.53 Å². The van der Waals surface area contributed by atoms with Gasteiger partial charge in [-0.25, -0.2) is 0 Å². The van der Waals surface area contributed by atoms with Crippen molar-refractivity contribution in [2.24, 2.45) is 17.1 Å². The largest absolute Gasteiger partial charge is 0.376 e. The first-order valence-corrected chi connectivity index (χ1v) is 7.76. The van der Waals surface area contributed by atoms with E-state index >= 15 is 0 Å². The number of carbonyl (C=O) groups excluding carboxylic acids is 1. The average molecular weight is 268 g/mol. The van der Waals surface area contributed by atoms with E-state index in [1.165, 1.54) is 6.42 Å². The quantitative estimate of drug-likeness (QED) is 0.817. The van der Waals surface area contributed by atoms with Crippen LogP contribution in [0, 0.1) is 11.3 Å². The summed E-state index contributed by atoms with van der Waals surface area (Å²) >= 11 is 0. The molecule has 2 rings (SSSR count). The summed E-state index contributed by atoms with van der Waals surface area (Å²) in [5.41, 5.74) is 5.58. The van der Waals surface area contributed by atoms with Gasteiger partial charge in [-0.3, -0.25) is 4.79 Å². The molecule has 0 radical (unpaired) electrons. The number of hydrogen-bond acceptors (Lipinski definition) is 3. The molecule has 4 heteroatoms. The Bertz CT molecular complexity index is 293. The van der Waals surface area contributed by atoms with Crippen LogP contribution < -0.4 is 11.1 Å². The number of nitrogens with two attached hydrogens (primary N) is 1. The minimum absolute atomic E-state index is 0.149. The van der Waals surface area contributed by atoms with Crippen LogP contribution in [0.5, 0.6) is 0 Å². The van der Waals surface area contributed by atoms with Crippen molar-refractivity contribution in [3.8, 4) is 0 Å². The molecule has 1 atom stereocenters. The van der Waals surface area contributed by atoms with Gasteiger partial charge in [0.05, 0.1) is 11.5 Å². The van der Waals surface area contributed by atoms with E-state index < -0.39 is 0 Å². The van der Waals surface area contributed by atoms with Gasteiger partial charge in [-0.1, -0.05) is 6.92 Å². The number of carbonyl (C=O) groups is 1. The van der Waals surface area contributed by atoms with Gasteiger partial charge < -0.3 is 15.8 Å². The summed E-state index contributed by atoms with van der Waals surface area (Å²) in [6.45, 7) is 4.21. The molecule has 1 saturated carbocycles. The Balaban J connectivity index is 1.82. The molecule has 0 bridgehead atoms. The van der Waals surface area contributed by atoms with Gasteiger partial charge in [0.15, 0.2) is 0 Å². The summed E-state index contributed by atoms with van der Waals surface area (Å²) in [7, 11) is 0. The van der Waals surface area contributed by atoms with Gasteiger partial charge in [0.2, 0.25) is 5.91 Å². The highest BCUT2D eigenvalue weighted by Gasteiger charge is 2.39.